The lowest BCUT2D eigenvalue weighted by Crippen LogP contribution is -2.39. The first-order chi connectivity index (χ1) is 19.0. The molecule has 0 saturated carbocycles. The van der Waals surface area contributed by atoms with Crippen LogP contribution in [0.4, 0.5) is 10.1 Å². The van der Waals surface area contributed by atoms with Crippen molar-refractivity contribution in [2.24, 2.45) is 0 Å². The van der Waals surface area contributed by atoms with Crippen LogP contribution in [0.1, 0.15) is 43.5 Å². The van der Waals surface area contributed by atoms with Gasteiger partial charge in [0, 0.05) is 29.7 Å². The topological polar surface area (TPSA) is 76.5 Å². The monoisotopic (exact) mass is 524 g/mol. The molecule has 2 amide bonds. The summed E-state index contributed by atoms with van der Waals surface area (Å²) in [4.78, 5) is 27.5. The molecule has 8 heteroatoms. The molecule has 0 radical (unpaired) electrons. The van der Waals surface area contributed by atoms with E-state index in [1.807, 2.05) is 53.2 Å². The molecule has 2 saturated heterocycles. The molecule has 0 spiro atoms. The number of carbonyl (C=O) groups is 2. The number of amides is 2. The quantitative estimate of drug-likeness (QED) is 0.329. The lowest BCUT2D eigenvalue weighted by atomic mass is 9.99. The van der Waals surface area contributed by atoms with Crippen molar-refractivity contribution in [3.8, 4) is 11.3 Å². The van der Waals surface area contributed by atoms with Crippen LogP contribution in [0.15, 0.2) is 85.5 Å². The Balaban J connectivity index is 1.48. The van der Waals surface area contributed by atoms with Gasteiger partial charge in [-0.3, -0.25) is 9.59 Å². The number of benzene rings is 3. The smallest absolute Gasteiger partial charge is 0.243 e. The largest absolute Gasteiger partial charge is 0.356 e. The van der Waals surface area contributed by atoms with Gasteiger partial charge in [0.05, 0.1) is 17.6 Å². The molecule has 4 aromatic rings. The van der Waals surface area contributed by atoms with Crippen LogP contribution in [0.5, 0.6) is 0 Å². The molecule has 2 aliphatic rings. The van der Waals surface area contributed by atoms with Gasteiger partial charge in [0.15, 0.2) is 6.23 Å². The summed E-state index contributed by atoms with van der Waals surface area (Å²) in [5.41, 5.74) is 4.00. The molecule has 7 nitrogen and oxygen atoms in total. The molecular weight excluding hydrogens is 495 g/mol. The predicted molar refractivity (Wildman–Crippen MR) is 147 cm³/mol. The highest BCUT2D eigenvalue weighted by Crippen LogP contribution is 2.40. The minimum Gasteiger partial charge on any atom is -0.356 e. The molecule has 2 aliphatic heterocycles. The molecule has 0 bridgehead atoms. The number of fused-ring (bicyclic) bond motifs is 1. The second kappa shape index (κ2) is 10.5. The molecule has 1 N–H and O–H groups in total. The Labute approximate surface area is 225 Å². The molecule has 1 unspecified atom stereocenters. The van der Waals surface area contributed by atoms with Crippen LogP contribution < -0.4 is 10.2 Å². The van der Waals surface area contributed by atoms with E-state index < -0.39 is 6.04 Å². The average molecular weight is 525 g/mol. The molecule has 3 atom stereocenters. The third-order valence-corrected chi connectivity index (χ3v) is 7.49. The average Bonchev–Trinajstić information content (AvgIpc) is 3.51. The summed E-state index contributed by atoms with van der Waals surface area (Å²) in [7, 11) is 0. The Morgan fingerprint density at radius 2 is 1.87 bits per heavy atom. The molecule has 6 rings (SSSR count). The summed E-state index contributed by atoms with van der Waals surface area (Å²) in [5, 5.41) is 8.78. The van der Waals surface area contributed by atoms with E-state index in [4.69, 9.17) is 9.84 Å². The number of hydrogen-bond acceptors (Lipinski definition) is 4. The fraction of sp³-hybridized carbons (Fsp3) is 0.258. The fourth-order valence-corrected chi connectivity index (χ4v) is 5.67. The van der Waals surface area contributed by atoms with Crippen molar-refractivity contribution in [1.82, 2.24) is 15.1 Å². The first-order valence-electron chi connectivity index (χ1n) is 13.2. The van der Waals surface area contributed by atoms with Gasteiger partial charge in [0.2, 0.25) is 11.8 Å². The van der Waals surface area contributed by atoms with Gasteiger partial charge in [0.1, 0.15) is 11.5 Å². The number of hydrogen-bond donors (Lipinski definition) is 1. The van der Waals surface area contributed by atoms with Gasteiger partial charge < -0.3 is 15.0 Å². The van der Waals surface area contributed by atoms with E-state index >= 15 is 0 Å². The lowest BCUT2D eigenvalue weighted by molar-refractivity contribution is -0.117. The molecule has 0 aliphatic carbocycles. The number of halogens is 1. The summed E-state index contributed by atoms with van der Waals surface area (Å²) in [6, 6.07) is 21.0. The van der Waals surface area contributed by atoms with Crippen molar-refractivity contribution in [1.29, 1.82) is 0 Å². The minimum atomic E-state index is -0.414. The van der Waals surface area contributed by atoms with Crippen LogP contribution in [-0.2, 0) is 14.3 Å². The van der Waals surface area contributed by atoms with Crippen LogP contribution in [0, 0.1) is 5.82 Å². The third-order valence-electron chi connectivity index (χ3n) is 7.49. The molecule has 3 heterocycles. The molecule has 2 fully saturated rings. The van der Waals surface area contributed by atoms with E-state index in [9.17, 15) is 14.0 Å². The normalized spacial score (nSPS) is 21.3. The molecule has 39 heavy (non-hydrogen) atoms. The summed E-state index contributed by atoms with van der Waals surface area (Å²) in [5.74, 6) is -0.711. The summed E-state index contributed by atoms with van der Waals surface area (Å²) in [6.07, 6.45) is 4.02. The first-order valence-corrected chi connectivity index (χ1v) is 13.2. The van der Waals surface area contributed by atoms with Gasteiger partial charge in [-0.25, -0.2) is 9.07 Å². The van der Waals surface area contributed by atoms with Crippen LogP contribution in [-0.4, -0.2) is 34.2 Å². The van der Waals surface area contributed by atoms with Crippen molar-refractivity contribution >= 4 is 28.4 Å². The minimum absolute atomic E-state index is 0.0868. The Morgan fingerprint density at radius 3 is 2.59 bits per heavy atom. The maximum Gasteiger partial charge on any atom is 0.243 e. The van der Waals surface area contributed by atoms with Gasteiger partial charge in [-0.2, -0.15) is 5.10 Å². The maximum absolute atomic E-state index is 13.7. The Morgan fingerprint density at radius 1 is 1.08 bits per heavy atom. The highest BCUT2D eigenvalue weighted by Gasteiger charge is 2.42. The van der Waals surface area contributed by atoms with Crippen molar-refractivity contribution in [3.63, 3.8) is 0 Å². The van der Waals surface area contributed by atoms with E-state index in [1.54, 1.807) is 17.0 Å². The number of nitrogens with zero attached hydrogens (tertiary/aromatic N) is 3. The Bertz CT molecular complexity index is 1530. The summed E-state index contributed by atoms with van der Waals surface area (Å²) < 4.78 is 21.7. The summed E-state index contributed by atoms with van der Waals surface area (Å²) in [6.45, 7) is 4.22. The lowest BCUT2D eigenvalue weighted by Gasteiger charge is -2.29. The van der Waals surface area contributed by atoms with E-state index in [2.05, 4.69) is 11.9 Å². The van der Waals surface area contributed by atoms with Crippen molar-refractivity contribution in [2.45, 2.75) is 44.0 Å². The van der Waals surface area contributed by atoms with Crippen LogP contribution >= 0.6 is 0 Å². The van der Waals surface area contributed by atoms with Crippen molar-refractivity contribution in [3.05, 3.63) is 96.8 Å². The molecule has 1 aromatic heterocycles. The zero-order valence-corrected chi connectivity index (χ0v) is 21.4. The number of rotatable bonds is 6. The first kappa shape index (κ1) is 25.0. The second-order valence-electron chi connectivity index (χ2n) is 9.97. The molecule has 198 valence electrons. The fourth-order valence-electron chi connectivity index (χ4n) is 5.67. The standard InChI is InChI=1S/C31H29FN4O3/c1-2-27(37)33-25-19-28(38)35(31(25)21-8-4-3-5-9-21)23-15-16-24-26(18-23)36(29-10-6-7-17-39-29)34-30(24)20-11-13-22(32)14-12-20/h2-5,8-9,11-16,18,25,29,31H,1,6-7,10,17,19H2,(H,33,37)/t25-,29?,31+/m1/s1. The van der Waals surface area contributed by atoms with Gasteiger partial charge in [-0.15, -0.1) is 0 Å². The van der Waals surface area contributed by atoms with E-state index in [1.165, 1.54) is 18.2 Å². The van der Waals surface area contributed by atoms with Crippen molar-refractivity contribution in [2.75, 3.05) is 11.5 Å². The molecular formula is C31H29FN4O3. The van der Waals surface area contributed by atoms with Gasteiger partial charge in [0.25, 0.3) is 0 Å². The van der Waals surface area contributed by atoms with Gasteiger partial charge in [-0.1, -0.05) is 36.9 Å². The van der Waals surface area contributed by atoms with Gasteiger partial charge >= 0.3 is 0 Å². The SMILES string of the molecule is C=CC(=O)N[C@@H]1CC(=O)N(c2ccc3c(-c4ccc(F)cc4)nn(C4CCCCO4)c3c2)[C@H]1c1ccccc1. The Hall–Kier alpha value is -4.30. The number of aromatic nitrogens is 2. The number of carbonyl (C=O) groups excluding carboxylic acids is 2. The zero-order chi connectivity index (χ0) is 26.9. The summed E-state index contributed by atoms with van der Waals surface area (Å²) >= 11 is 0. The van der Waals surface area contributed by atoms with Crippen LogP contribution in [0.3, 0.4) is 0 Å². The van der Waals surface area contributed by atoms with E-state index in [-0.39, 0.29) is 36.3 Å². The van der Waals surface area contributed by atoms with Gasteiger partial charge in [-0.05, 0) is 73.4 Å². The number of ether oxygens (including phenoxy) is 1. The van der Waals surface area contributed by atoms with Crippen molar-refractivity contribution < 1.29 is 18.7 Å². The van der Waals surface area contributed by atoms with E-state index in [0.717, 1.165) is 47.0 Å². The van der Waals surface area contributed by atoms with Crippen LogP contribution in [0.25, 0.3) is 22.2 Å². The van der Waals surface area contributed by atoms with E-state index in [0.29, 0.717) is 12.3 Å². The van der Waals surface area contributed by atoms with Crippen LogP contribution in [0.2, 0.25) is 0 Å². The predicted octanol–water partition coefficient (Wildman–Crippen LogP) is 5.69. The number of nitrogens with one attached hydrogen (secondary N) is 1. The molecule has 3 aromatic carbocycles. The number of anilines is 1. The zero-order valence-electron chi connectivity index (χ0n) is 21.4. The highest BCUT2D eigenvalue weighted by atomic mass is 19.1. The second-order valence-corrected chi connectivity index (χ2v) is 9.97. The third kappa shape index (κ3) is 4.72. The Kier molecular flexibility index (Phi) is 6.70. The highest BCUT2D eigenvalue weighted by molar-refractivity contribution is 6.02. The maximum atomic E-state index is 13.7.